The summed E-state index contributed by atoms with van der Waals surface area (Å²) in [6, 6.07) is 8.90. The maximum Gasteiger partial charge on any atom is 0.203 e. The second-order valence-corrected chi connectivity index (χ2v) is 4.05. The number of carbonyl (C=O) groups excluding carboxylic acids is 1. The lowest BCUT2D eigenvalue weighted by atomic mass is 10.2. The molecular formula is C13H13N3O2. The fraction of sp³-hybridized carbons (Fsp3) is 0.308. The molecule has 0 aliphatic heterocycles. The van der Waals surface area contributed by atoms with Gasteiger partial charge in [0.25, 0.3) is 0 Å². The van der Waals surface area contributed by atoms with Crippen molar-refractivity contribution in [1.29, 1.82) is 5.26 Å². The zero-order valence-corrected chi connectivity index (χ0v) is 10.0. The molecule has 1 aliphatic carbocycles. The monoisotopic (exact) mass is 243 g/mol. The van der Waals surface area contributed by atoms with Crippen molar-refractivity contribution in [3.05, 3.63) is 24.3 Å². The molecule has 2 rings (SSSR count). The van der Waals surface area contributed by atoms with Crippen LogP contribution in [0.1, 0.15) is 12.8 Å². The number of hydrazone groups is 1. The normalized spacial score (nSPS) is 14.8. The molecule has 0 heterocycles. The number of methoxy groups -OCH3 is 1. The first-order valence-corrected chi connectivity index (χ1v) is 5.66. The number of rotatable bonds is 5. The van der Waals surface area contributed by atoms with Gasteiger partial charge in [0.2, 0.25) is 5.71 Å². The summed E-state index contributed by atoms with van der Waals surface area (Å²) in [6.07, 6.45) is 1.73. The molecule has 0 amide bonds. The zero-order chi connectivity index (χ0) is 13.0. The Morgan fingerprint density at radius 2 is 2.11 bits per heavy atom. The van der Waals surface area contributed by atoms with Crippen molar-refractivity contribution in [2.24, 2.45) is 11.0 Å². The number of hydrogen-bond acceptors (Lipinski definition) is 5. The summed E-state index contributed by atoms with van der Waals surface area (Å²) in [5, 5.41) is 12.7. The van der Waals surface area contributed by atoms with Gasteiger partial charge in [-0.05, 0) is 37.1 Å². The highest BCUT2D eigenvalue weighted by Crippen LogP contribution is 2.30. The van der Waals surface area contributed by atoms with Gasteiger partial charge in [-0.15, -0.1) is 0 Å². The van der Waals surface area contributed by atoms with Crippen LogP contribution >= 0.6 is 0 Å². The van der Waals surface area contributed by atoms with E-state index in [1.807, 2.05) is 6.07 Å². The number of carbonyl (C=O) groups is 1. The fourth-order valence-corrected chi connectivity index (χ4v) is 1.46. The van der Waals surface area contributed by atoms with Crippen molar-refractivity contribution in [3.63, 3.8) is 0 Å². The second-order valence-electron chi connectivity index (χ2n) is 4.05. The number of nitriles is 1. The lowest BCUT2D eigenvalue weighted by Gasteiger charge is -2.03. The average Bonchev–Trinajstić information content (AvgIpc) is 3.24. The molecule has 1 aliphatic rings. The van der Waals surface area contributed by atoms with Crippen molar-refractivity contribution < 1.29 is 9.53 Å². The van der Waals surface area contributed by atoms with E-state index >= 15 is 0 Å². The molecule has 1 aromatic rings. The molecule has 0 bridgehead atoms. The average molecular weight is 243 g/mol. The van der Waals surface area contributed by atoms with Gasteiger partial charge >= 0.3 is 0 Å². The van der Waals surface area contributed by atoms with Crippen LogP contribution in [0.4, 0.5) is 5.69 Å². The van der Waals surface area contributed by atoms with Gasteiger partial charge < -0.3 is 4.74 Å². The van der Waals surface area contributed by atoms with Gasteiger partial charge in [0.1, 0.15) is 11.8 Å². The maximum absolute atomic E-state index is 11.6. The topological polar surface area (TPSA) is 74.5 Å². The van der Waals surface area contributed by atoms with E-state index in [0.29, 0.717) is 5.69 Å². The van der Waals surface area contributed by atoms with E-state index in [1.165, 1.54) is 0 Å². The predicted molar refractivity (Wildman–Crippen MR) is 67.4 cm³/mol. The summed E-state index contributed by atoms with van der Waals surface area (Å²) >= 11 is 0. The molecule has 18 heavy (non-hydrogen) atoms. The first kappa shape index (κ1) is 12.1. The minimum Gasteiger partial charge on any atom is -0.497 e. The van der Waals surface area contributed by atoms with E-state index in [0.717, 1.165) is 18.6 Å². The van der Waals surface area contributed by atoms with E-state index < -0.39 is 0 Å². The largest absolute Gasteiger partial charge is 0.497 e. The number of nitrogens with one attached hydrogen (secondary N) is 1. The van der Waals surface area contributed by atoms with Crippen molar-refractivity contribution in [2.45, 2.75) is 12.8 Å². The third-order valence-corrected chi connectivity index (χ3v) is 2.67. The van der Waals surface area contributed by atoms with Crippen LogP contribution in [-0.2, 0) is 4.79 Å². The van der Waals surface area contributed by atoms with Gasteiger partial charge in [0.05, 0.1) is 12.8 Å². The summed E-state index contributed by atoms with van der Waals surface area (Å²) in [6.45, 7) is 0. The molecule has 5 heteroatoms. The number of Topliss-reactive ketones (excluding diaryl/α,β-unsaturated/α-hetero) is 1. The van der Waals surface area contributed by atoms with Gasteiger partial charge in [-0.2, -0.15) is 10.4 Å². The summed E-state index contributed by atoms with van der Waals surface area (Å²) in [5.74, 6) is 0.568. The van der Waals surface area contributed by atoms with Gasteiger partial charge in [-0.3, -0.25) is 10.2 Å². The molecule has 5 nitrogen and oxygen atoms in total. The third kappa shape index (κ3) is 2.86. The van der Waals surface area contributed by atoms with Crippen molar-refractivity contribution in [2.75, 3.05) is 12.5 Å². The lowest BCUT2D eigenvalue weighted by molar-refractivity contribution is -0.113. The molecule has 1 saturated carbocycles. The number of nitrogens with zero attached hydrogens (tertiary/aromatic N) is 2. The fourth-order valence-electron chi connectivity index (χ4n) is 1.46. The highest BCUT2D eigenvalue weighted by atomic mass is 16.5. The van der Waals surface area contributed by atoms with Crippen LogP contribution in [0.5, 0.6) is 5.75 Å². The van der Waals surface area contributed by atoms with E-state index in [4.69, 9.17) is 10.00 Å². The van der Waals surface area contributed by atoms with Crippen LogP contribution in [0.25, 0.3) is 0 Å². The quantitative estimate of drug-likeness (QED) is 0.633. The van der Waals surface area contributed by atoms with Crippen molar-refractivity contribution in [1.82, 2.24) is 0 Å². The van der Waals surface area contributed by atoms with E-state index in [9.17, 15) is 4.79 Å². The van der Waals surface area contributed by atoms with Crippen LogP contribution in [0.3, 0.4) is 0 Å². The van der Waals surface area contributed by atoms with Gasteiger partial charge in [0, 0.05) is 5.92 Å². The number of hydrogen-bond donors (Lipinski definition) is 1. The van der Waals surface area contributed by atoms with E-state index in [2.05, 4.69) is 10.5 Å². The SMILES string of the molecule is COc1ccc(N/N=C(\C#N)C(=O)C2CC2)cc1. The number of benzene rings is 1. The number of ketones is 1. The van der Waals surface area contributed by atoms with E-state index in [1.54, 1.807) is 31.4 Å². The standard InChI is InChI=1S/C13H13N3O2/c1-18-11-6-4-10(5-7-11)15-16-12(8-14)13(17)9-2-3-9/h4-7,9,15H,2-3H2,1H3/b16-12+. The summed E-state index contributed by atoms with van der Waals surface area (Å²) < 4.78 is 5.02. The highest BCUT2D eigenvalue weighted by molar-refractivity contribution is 6.47. The van der Waals surface area contributed by atoms with Crippen LogP contribution in [0.2, 0.25) is 0 Å². The van der Waals surface area contributed by atoms with Crippen LogP contribution in [0.15, 0.2) is 29.4 Å². The Kier molecular flexibility index (Phi) is 3.58. The Morgan fingerprint density at radius 3 is 2.61 bits per heavy atom. The van der Waals surface area contributed by atoms with Crippen LogP contribution < -0.4 is 10.2 Å². The molecule has 0 aromatic heterocycles. The Hall–Kier alpha value is -2.35. The van der Waals surface area contributed by atoms with Gasteiger partial charge in [0.15, 0.2) is 5.78 Å². The number of ether oxygens (including phenoxy) is 1. The molecule has 0 radical (unpaired) electrons. The van der Waals surface area contributed by atoms with E-state index in [-0.39, 0.29) is 17.4 Å². The molecule has 1 N–H and O–H groups in total. The molecular weight excluding hydrogens is 230 g/mol. The van der Waals surface area contributed by atoms with Gasteiger partial charge in [-0.1, -0.05) is 0 Å². The Bertz CT molecular complexity index is 510. The van der Waals surface area contributed by atoms with Crippen LogP contribution in [-0.4, -0.2) is 18.6 Å². The second kappa shape index (κ2) is 5.32. The minimum absolute atomic E-state index is 0.000988. The molecule has 0 atom stereocenters. The van der Waals surface area contributed by atoms with Crippen molar-refractivity contribution in [3.8, 4) is 11.8 Å². The predicted octanol–water partition coefficient (Wildman–Crippen LogP) is 1.97. The zero-order valence-electron chi connectivity index (χ0n) is 10.0. The maximum atomic E-state index is 11.6. The lowest BCUT2D eigenvalue weighted by Crippen LogP contribution is -2.15. The van der Waals surface area contributed by atoms with Crippen molar-refractivity contribution >= 4 is 17.2 Å². The van der Waals surface area contributed by atoms with Crippen LogP contribution in [0, 0.1) is 17.2 Å². The summed E-state index contributed by atoms with van der Waals surface area (Å²) in [5.41, 5.74) is 3.34. The molecule has 0 spiro atoms. The minimum atomic E-state index is -0.168. The Labute approximate surface area is 105 Å². The summed E-state index contributed by atoms with van der Waals surface area (Å²) in [4.78, 5) is 11.6. The molecule has 92 valence electrons. The third-order valence-electron chi connectivity index (χ3n) is 2.67. The summed E-state index contributed by atoms with van der Waals surface area (Å²) in [7, 11) is 1.59. The smallest absolute Gasteiger partial charge is 0.203 e. The Balaban J connectivity index is 2.03. The highest BCUT2D eigenvalue weighted by Gasteiger charge is 2.32. The number of anilines is 1. The molecule has 0 saturated heterocycles. The molecule has 1 aromatic carbocycles. The Morgan fingerprint density at radius 1 is 1.44 bits per heavy atom. The molecule has 0 unspecified atom stereocenters. The first-order chi connectivity index (χ1) is 8.74. The first-order valence-electron chi connectivity index (χ1n) is 5.66. The van der Waals surface area contributed by atoms with Gasteiger partial charge in [-0.25, -0.2) is 0 Å². The molecule has 1 fully saturated rings.